The van der Waals surface area contributed by atoms with Crippen molar-refractivity contribution >= 4 is 55.7 Å². The van der Waals surface area contributed by atoms with Crippen LogP contribution in [-0.4, -0.2) is 23.2 Å². The summed E-state index contributed by atoms with van der Waals surface area (Å²) in [6, 6.07) is 26.6. The lowest BCUT2D eigenvalue weighted by molar-refractivity contribution is -0.123. The molecule has 188 valence electrons. The highest BCUT2D eigenvalue weighted by molar-refractivity contribution is 9.10. The quantitative estimate of drug-likeness (QED) is 0.212. The lowest BCUT2D eigenvalue weighted by Gasteiger charge is -2.15. The van der Waals surface area contributed by atoms with Crippen LogP contribution in [-0.2, 0) is 17.9 Å². The van der Waals surface area contributed by atoms with Gasteiger partial charge in [0.1, 0.15) is 6.61 Å². The zero-order valence-electron chi connectivity index (χ0n) is 20.3. The molecule has 0 aliphatic carbocycles. The van der Waals surface area contributed by atoms with E-state index < -0.39 is 0 Å². The van der Waals surface area contributed by atoms with Crippen LogP contribution in [0.15, 0.2) is 88.2 Å². The van der Waals surface area contributed by atoms with Crippen LogP contribution in [0.2, 0.25) is 0 Å². The zero-order chi connectivity index (χ0) is 26.6. The second-order valence-corrected chi connectivity index (χ2v) is 10.4. The lowest BCUT2D eigenvalue weighted by atomic mass is 10.0. The number of nitrogens with zero attached hydrogens (tertiary/aromatic N) is 2. The van der Waals surface area contributed by atoms with E-state index in [-0.39, 0.29) is 24.3 Å². The summed E-state index contributed by atoms with van der Waals surface area (Å²) in [5.74, 6) is 0.663. The summed E-state index contributed by atoms with van der Waals surface area (Å²) in [4.78, 5) is 27.6. The summed E-state index contributed by atoms with van der Waals surface area (Å²) in [5, 5.41) is 10.7. The topological polar surface area (TPSA) is 79.6 Å². The van der Waals surface area contributed by atoms with E-state index in [1.807, 2.05) is 60.7 Å². The van der Waals surface area contributed by atoms with Crippen molar-refractivity contribution in [3.8, 4) is 17.6 Å². The van der Waals surface area contributed by atoms with E-state index in [1.165, 1.54) is 12.0 Å². The molecule has 0 atom stereocenters. The number of nitriles is 1. The van der Waals surface area contributed by atoms with Crippen LogP contribution >= 0.6 is 27.7 Å². The van der Waals surface area contributed by atoms with E-state index in [2.05, 4.69) is 22.0 Å². The van der Waals surface area contributed by atoms with Crippen LogP contribution in [0.4, 0.5) is 4.79 Å². The zero-order valence-corrected chi connectivity index (χ0v) is 22.7. The van der Waals surface area contributed by atoms with Gasteiger partial charge in [0.05, 0.1) is 34.7 Å². The molecule has 1 saturated heterocycles. The highest BCUT2D eigenvalue weighted by Gasteiger charge is 2.35. The van der Waals surface area contributed by atoms with Crippen molar-refractivity contribution < 1.29 is 19.1 Å². The Kier molecular flexibility index (Phi) is 7.50. The Morgan fingerprint density at radius 3 is 2.55 bits per heavy atom. The van der Waals surface area contributed by atoms with E-state index in [0.29, 0.717) is 32.0 Å². The maximum Gasteiger partial charge on any atom is 0.293 e. The first-order chi connectivity index (χ1) is 18.5. The molecule has 2 amide bonds. The molecule has 0 bridgehead atoms. The van der Waals surface area contributed by atoms with Gasteiger partial charge in [-0.05, 0) is 85.5 Å². The number of rotatable bonds is 7. The highest BCUT2D eigenvalue weighted by atomic mass is 79.9. The van der Waals surface area contributed by atoms with Crippen LogP contribution in [0.5, 0.6) is 11.5 Å². The SMILES string of the molecule is COc1cc(/C=C2/SC(=O)N(Cc3cccc4ccccc34)C2=O)cc(Br)c1OCc1ccc(C#N)cc1. The van der Waals surface area contributed by atoms with Crippen molar-refractivity contribution in [3.05, 3.63) is 110 Å². The number of methoxy groups -OCH3 is 1. The maximum atomic E-state index is 13.2. The number of ether oxygens (including phenoxy) is 2. The number of carbonyl (C=O) groups excluding carboxylic acids is 2. The average Bonchev–Trinajstić information content (AvgIpc) is 3.19. The van der Waals surface area contributed by atoms with Crippen LogP contribution in [0.1, 0.15) is 22.3 Å². The van der Waals surface area contributed by atoms with Crippen LogP contribution in [0.25, 0.3) is 16.8 Å². The Hall–Kier alpha value is -4.06. The van der Waals surface area contributed by atoms with E-state index in [4.69, 9.17) is 14.7 Å². The van der Waals surface area contributed by atoms with Gasteiger partial charge in [0.15, 0.2) is 11.5 Å². The van der Waals surface area contributed by atoms with Gasteiger partial charge in [-0.3, -0.25) is 14.5 Å². The summed E-state index contributed by atoms with van der Waals surface area (Å²) >= 11 is 4.47. The minimum Gasteiger partial charge on any atom is -0.493 e. The fourth-order valence-electron chi connectivity index (χ4n) is 4.18. The standard InChI is InChI=1S/C30H21BrN2O4S/c1-36-26-14-21(13-25(31)28(26)37-18-20-11-9-19(16-32)10-12-20)15-27-29(34)33(30(35)38-27)17-23-7-4-6-22-5-2-3-8-24(22)23/h2-15H,17-18H2,1H3/b27-15+. The molecule has 1 aliphatic rings. The molecule has 0 aromatic heterocycles. The van der Waals surface area contributed by atoms with Gasteiger partial charge >= 0.3 is 0 Å². The van der Waals surface area contributed by atoms with Gasteiger partial charge in [-0.2, -0.15) is 5.26 Å². The smallest absolute Gasteiger partial charge is 0.293 e. The molecule has 38 heavy (non-hydrogen) atoms. The molecule has 0 N–H and O–H groups in total. The van der Waals surface area contributed by atoms with E-state index in [9.17, 15) is 9.59 Å². The largest absolute Gasteiger partial charge is 0.493 e. The molecule has 1 heterocycles. The summed E-state index contributed by atoms with van der Waals surface area (Å²) in [7, 11) is 1.54. The third-order valence-electron chi connectivity index (χ3n) is 6.10. The molecule has 0 radical (unpaired) electrons. The molecule has 0 saturated carbocycles. The van der Waals surface area contributed by atoms with Gasteiger partial charge < -0.3 is 9.47 Å². The first-order valence-electron chi connectivity index (χ1n) is 11.7. The van der Waals surface area contributed by atoms with Gasteiger partial charge in [-0.25, -0.2) is 0 Å². The monoisotopic (exact) mass is 584 g/mol. The van der Waals surface area contributed by atoms with E-state index in [0.717, 1.165) is 33.7 Å². The predicted molar refractivity (Wildman–Crippen MR) is 152 cm³/mol. The van der Waals surface area contributed by atoms with Crippen molar-refractivity contribution in [1.82, 2.24) is 4.90 Å². The average molecular weight is 585 g/mol. The number of hydrogen-bond donors (Lipinski definition) is 0. The summed E-state index contributed by atoms with van der Waals surface area (Å²) in [6.07, 6.45) is 1.69. The first-order valence-corrected chi connectivity index (χ1v) is 13.3. The van der Waals surface area contributed by atoms with Crippen LogP contribution in [0.3, 0.4) is 0 Å². The minimum atomic E-state index is -0.329. The van der Waals surface area contributed by atoms with Gasteiger partial charge in [-0.1, -0.05) is 54.6 Å². The normalized spacial score (nSPS) is 14.2. The van der Waals surface area contributed by atoms with Gasteiger partial charge in [0, 0.05) is 0 Å². The Labute approximate surface area is 232 Å². The summed E-state index contributed by atoms with van der Waals surface area (Å²) in [5.41, 5.74) is 3.09. The van der Waals surface area contributed by atoms with Crippen molar-refractivity contribution in [1.29, 1.82) is 5.26 Å². The molecule has 0 spiro atoms. The molecule has 5 rings (SSSR count). The summed E-state index contributed by atoms with van der Waals surface area (Å²) in [6.45, 7) is 0.492. The molecule has 4 aromatic carbocycles. The second-order valence-electron chi connectivity index (χ2n) is 8.54. The summed E-state index contributed by atoms with van der Waals surface area (Å²) < 4.78 is 12.2. The van der Waals surface area contributed by atoms with Gasteiger partial charge in [-0.15, -0.1) is 0 Å². The number of imide groups is 1. The third-order valence-corrected chi connectivity index (χ3v) is 7.59. The van der Waals surface area contributed by atoms with Gasteiger partial charge in [0.2, 0.25) is 0 Å². The molecule has 0 unspecified atom stereocenters. The molecular weight excluding hydrogens is 564 g/mol. The number of benzene rings is 4. The van der Waals surface area contributed by atoms with E-state index >= 15 is 0 Å². The maximum absolute atomic E-state index is 13.2. The van der Waals surface area contributed by atoms with Gasteiger partial charge in [0.25, 0.3) is 11.1 Å². The lowest BCUT2D eigenvalue weighted by Crippen LogP contribution is -2.27. The molecule has 4 aromatic rings. The highest BCUT2D eigenvalue weighted by Crippen LogP contribution is 2.40. The number of thioether (sulfide) groups is 1. The van der Waals surface area contributed by atoms with Crippen molar-refractivity contribution in [2.45, 2.75) is 13.2 Å². The number of hydrogen-bond acceptors (Lipinski definition) is 6. The molecule has 8 heteroatoms. The van der Waals surface area contributed by atoms with E-state index in [1.54, 1.807) is 24.3 Å². The van der Waals surface area contributed by atoms with Crippen molar-refractivity contribution in [3.63, 3.8) is 0 Å². The number of carbonyl (C=O) groups is 2. The fraction of sp³-hybridized carbons (Fsp3) is 0.100. The molecule has 1 fully saturated rings. The van der Waals surface area contributed by atoms with Crippen LogP contribution in [0, 0.1) is 11.3 Å². The first kappa shape index (κ1) is 25.6. The van der Waals surface area contributed by atoms with Crippen molar-refractivity contribution in [2.24, 2.45) is 0 Å². The Morgan fingerprint density at radius 2 is 1.79 bits per heavy atom. The predicted octanol–water partition coefficient (Wildman–Crippen LogP) is 7.30. The number of halogens is 1. The molecule has 6 nitrogen and oxygen atoms in total. The Bertz CT molecular complexity index is 1620. The molecular formula is C30H21BrN2O4S. The fourth-order valence-corrected chi connectivity index (χ4v) is 5.60. The minimum absolute atomic E-state index is 0.207. The number of amides is 2. The Balaban J connectivity index is 1.35. The Morgan fingerprint density at radius 1 is 1.03 bits per heavy atom. The second kappa shape index (κ2) is 11.1. The van der Waals surface area contributed by atoms with Crippen LogP contribution < -0.4 is 9.47 Å². The number of fused-ring (bicyclic) bond motifs is 1. The van der Waals surface area contributed by atoms with Crippen molar-refractivity contribution in [2.75, 3.05) is 7.11 Å². The third kappa shape index (κ3) is 5.30. The molecule has 1 aliphatic heterocycles.